The number of fused-ring (bicyclic) bond motifs is 2. The summed E-state index contributed by atoms with van der Waals surface area (Å²) in [6.45, 7) is 0. The molecule has 0 aliphatic carbocycles. The number of hydrogen-bond acceptors (Lipinski definition) is 3. The zero-order valence-corrected chi connectivity index (χ0v) is 15.8. The number of H-pyrrole nitrogens is 1. The Morgan fingerprint density at radius 1 is 1.19 bits per heavy atom. The fourth-order valence-electron chi connectivity index (χ4n) is 3.37. The lowest BCUT2D eigenvalue weighted by molar-refractivity contribution is 0.102. The number of para-hydroxylation sites is 1. The Bertz CT molecular complexity index is 1180. The molecular formula is C20H15ClN4OS. The summed E-state index contributed by atoms with van der Waals surface area (Å²) in [5.41, 5.74) is 4.47. The highest BCUT2D eigenvalue weighted by Crippen LogP contribution is 2.36. The van der Waals surface area contributed by atoms with Gasteiger partial charge < -0.3 is 10.3 Å². The highest BCUT2D eigenvalue weighted by Gasteiger charge is 2.25. The highest BCUT2D eigenvalue weighted by molar-refractivity contribution is 7.98. The first-order valence-electron chi connectivity index (χ1n) is 8.52. The van der Waals surface area contributed by atoms with Crippen LogP contribution < -0.4 is 5.32 Å². The molecule has 0 atom stereocenters. The maximum atomic E-state index is 13.0. The fourth-order valence-corrected chi connectivity index (χ4v) is 4.59. The van der Waals surface area contributed by atoms with Gasteiger partial charge in [-0.1, -0.05) is 35.9 Å². The van der Waals surface area contributed by atoms with Gasteiger partial charge in [0.05, 0.1) is 16.9 Å². The first-order valence-corrected chi connectivity index (χ1v) is 10.1. The van der Waals surface area contributed by atoms with E-state index in [-0.39, 0.29) is 5.91 Å². The first-order chi connectivity index (χ1) is 13.2. The van der Waals surface area contributed by atoms with Gasteiger partial charge in [0, 0.05) is 39.2 Å². The lowest BCUT2D eigenvalue weighted by Crippen LogP contribution is -2.16. The summed E-state index contributed by atoms with van der Waals surface area (Å²) in [5, 5.41) is 9.33. The third kappa shape index (κ3) is 2.81. The topological polar surface area (TPSA) is 62.7 Å². The monoisotopic (exact) mass is 394 g/mol. The molecule has 5 nitrogen and oxygen atoms in total. The number of amides is 1. The van der Waals surface area contributed by atoms with Crippen molar-refractivity contribution >= 4 is 46.0 Å². The summed E-state index contributed by atoms with van der Waals surface area (Å²) in [7, 11) is 0. The molecule has 0 saturated carbocycles. The quantitative estimate of drug-likeness (QED) is 0.513. The van der Waals surface area contributed by atoms with Crippen molar-refractivity contribution in [3.05, 3.63) is 76.6 Å². The van der Waals surface area contributed by atoms with E-state index in [0.29, 0.717) is 16.4 Å². The Balaban J connectivity index is 1.58. The van der Waals surface area contributed by atoms with Gasteiger partial charge in [0.25, 0.3) is 5.91 Å². The van der Waals surface area contributed by atoms with Crippen LogP contribution in [0.3, 0.4) is 0 Å². The minimum absolute atomic E-state index is 0.157. The summed E-state index contributed by atoms with van der Waals surface area (Å²) in [6.07, 6.45) is 1.75. The van der Waals surface area contributed by atoms with Crippen LogP contribution in [0.2, 0.25) is 5.02 Å². The van der Waals surface area contributed by atoms with Crippen LogP contribution in [-0.2, 0) is 11.5 Å². The normalized spacial score (nSPS) is 13.1. The number of aromatic amines is 1. The van der Waals surface area contributed by atoms with E-state index in [1.165, 1.54) is 0 Å². The number of nitrogens with one attached hydrogen (secondary N) is 2. The third-order valence-corrected chi connectivity index (χ3v) is 5.88. The molecule has 0 radical (unpaired) electrons. The second kappa shape index (κ2) is 6.48. The number of rotatable bonds is 3. The average Bonchev–Trinajstić information content (AvgIpc) is 3.37. The first kappa shape index (κ1) is 16.5. The van der Waals surface area contributed by atoms with Crippen LogP contribution >= 0.6 is 23.4 Å². The van der Waals surface area contributed by atoms with Crippen LogP contribution in [0, 0.1) is 0 Å². The molecule has 1 amide bonds. The van der Waals surface area contributed by atoms with Gasteiger partial charge in [-0.25, -0.2) is 4.68 Å². The van der Waals surface area contributed by atoms with Crippen LogP contribution in [0.25, 0.3) is 16.6 Å². The Labute approximate surface area is 164 Å². The minimum Gasteiger partial charge on any atom is -0.360 e. The van der Waals surface area contributed by atoms with E-state index in [1.807, 2.05) is 48.5 Å². The molecular weight excluding hydrogens is 380 g/mol. The Hall–Kier alpha value is -2.70. The van der Waals surface area contributed by atoms with Crippen molar-refractivity contribution in [1.29, 1.82) is 0 Å². The molecule has 4 aromatic rings. The molecule has 2 N–H and O–H groups in total. The van der Waals surface area contributed by atoms with Crippen LogP contribution in [-0.4, -0.2) is 20.7 Å². The zero-order valence-electron chi connectivity index (χ0n) is 14.2. The van der Waals surface area contributed by atoms with E-state index < -0.39 is 0 Å². The summed E-state index contributed by atoms with van der Waals surface area (Å²) >= 11 is 7.96. The fraction of sp³-hybridized carbons (Fsp3) is 0.100. The number of nitrogens with zero attached hydrogens (tertiary/aromatic N) is 2. The van der Waals surface area contributed by atoms with E-state index in [1.54, 1.807) is 22.6 Å². The Kier molecular flexibility index (Phi) is 3.95. The smallest absolute Gasteiger partial charge is 0.258 e. The second-order valence-corrected chi connectivity index (χ2v) is 7.78. The maximum Gasteiger partial charge on any atom is 0.258 e. The van der Waals surface area contributed by atoms with Gasteiger partial charge in [-0.15, -0.1) is 0 Å². The SMILES string of the molecule is O=C(Nc1c2c(nn1-c1cccc(Cl)c1)CSC2)c1c[nH]c2ccccc12. The molecule has 0 fully saturated rings. The highest BCUT2D eigenvalue weighted by atomic mass is 35.5. The number of aromatic nitrogens is 3. The van der Waals surface area contributed by atoms with Crippen molar-refractivity contribution in [2.24, 2.45) is 0 Å². The van der Waals surface area contributed by atoms with Crippen molar-refractivity contribution < 1.29 is 4.79 Å². The molecule has 2 aromatic carbocycles. The molecule has 27 heavy (non-hydrogen) atoms. The predicted molar refractivity (Wildman–Crippen MR) is 110 cm³/mol. The van der Waals surface area contributed by atoms with Crippen molar-refractivity contribution in [1.82, 2.24) is 14.8 Å². The number of carbonyl (C=O) groups is 1. The summed E-state index contributed by atoms with van der Waals surface area (Å²) in [6, 6.07) is 15.2. The van der Waals surface area contributed by atoms with Gasteiger partial charge in [0.2, 0.25) is 0 Å². The van der Waals surface area contributed by atoms with Crippen LogP contribution in [0.4, 0.5) is 5.82 Å². The Morgan fingerprint density at radius 3 is 2.96 bits per heavy atom. The molecule has 0 bridgehead atoms. The van der Waals surface area contributed by atoms with Crippen molar-refractivity contribution in [2.75, 3.05) is 5.32 Å². The number of hydrogen-bond donors (Lipinski definition) is 2. The van der Waals surface area contributed by atoms with Crippen LogP contribution in [0.15, 0.2) is 54.7 Å². The van der Waals surface area contributed by atoms with Gasteiger partial charge in [0.1, 0.15) is 5.82 Å². The molecule has 3 heterocycles. The van der Waals surface area contributed by atoms with Gasteiger partial charge in [-0.2, -0.15) is 16.9 Å². The van der Waals surface area contributed by atoms with Gasteiger partial charge >= 0.3 is 0 Å². The summed E-state index contributed by atoms with van der Waals surface area (Å²) < 4.78 is 1.78. The molecule has 0 saturated heterocycles. The van der Waals surface area contributed by atoms with E-state index in [9.17, 15) is 4.79 Å². The van der Waals surface area contributed by atoms with Crippen molar-refractivity contribution in [2.45, 2.75) is 11.5 Å². The largest absolute Gasteiger partial charge is 0.360 e. The van der Waals surface area contributed by atoms with E-state index in [4.69, 9.17) is 16.7 Å². The number of carbonyl (C=O) groups excluding carboxylic acids is 1. The standard InChI is InChI=1S/C20H15ClN4OS/c21-12-4-3-5-13(8-12)25-19(16-10-27-11-18(16)24-25)23-20(26)15-9-22-17-7-2-1-6-14(15)17/h1-9,22H,10-11H2,(H,23,26). The molecule has 0 unspecified atom stereocenters. The van der Waals surface area contributed by atoms with Crippen LogP contribution in [0.1, 0.15) is 21.6 Å². The van der Waals surface area contributed by atoms with Crippen molar-refractivity contribution in [3.63, 3.8) is 0 Å². The lowest BCUT2D eigenvalue weighted by Gasteiger charge is -2.11. The average molecular weight is 395 g/mol. The molecule has 134 valence electrons. The Morgan fingerprint density at radius 2 is 2.07 bits per heavy atom. The second-order valence-electron chi connectivity index (χ2n) is 6.36. The molecule has 7 heteroatoms. The number of halogens is 1. The van der Waals surface area contributed by atoms with Gasteiger partial charge in [-0.3, -0.25) is 4.79 Å². The van der Waals surface area contributed by atoms with Crippen molar-refractivity contribution in [3.8, 4) is 5.69 Å². The summed E-state index contributed by atoms with van der Waals surface area (Å²) in [4.78, 5) is 16.2. The van der Waals surface area contributed by atoms with E-state index in [0.717, 1.165) is 39.4 Å². The van der Waals surface area contributed by atoms with E-state index >= 15 is 0 Å². The molecule has 1 aliphatic rings. The third-order valence-electron chi connectivity index (χ3n) is 4.67. The minimum atomic E-state index is -0.157. The predicted octanol–water partition coefficient (Wildman–Crippen LogP) is 5.01. The zero-order chi connectivity index (χ0) is 18.4. The molecule has 0 spiro atoms. The van der Waals surface area contributed by atoms with Crippen LogP contribution in [0.5, 0.6) is 0 Å². The molecule has 2 aromatic heterocycles. The maximum absolute atomic E-state index is 13.0. The number of benzene rings is 2. The lowest BCUT2D eigenvalue weighted by atomic mass is 10.1. The van der Waals surface area contributed by atoms with Gasteiger partial charge in [-0.05, 0) is 24.3 Å². The number of anilines is 1. The van der Waals surface area contributed by atoms with Gasteiger partial charge in [0.15, 0.2) is 0 Å². The molecule has 1 aliphatic heterocycles. The number of thioether (sulfide) groups is 1. The van der Waals surface area contributed by atoms with E-state index in [2.05, 4.69) is 10.3 Å². The molecule has 5 rings (SSSR count). The summed E-state index contributed by atoms with van der Waals surface area (Å²) in [5.74, 6) is 2.24.